The summed E-state index contributed by atoms with van der Waals surface area (Å²) >= 11 is 0. The van der Waals surface area contributed by atoms with Crippen LogP contribution in [-0.4, -0.2) is 50.1 Å². The van der Waals surface area contributed by atoms with Gasteiger partial charge in [0.25, 0.3) is 0 Å². The van der Waals surface area contributed by atoms with Crippen LogP contribution in [0.25, 0.3) is 0 Å². The van der Waals surface area contributed by atoms with Crippen molar-refractivity contribution in [2.45, 2.75) is 33.2 Å². The van der Waals surface area contributed by atoms with Gasteiger partial charge in [0, 0.05) is 34.2 Å². The lowest BCUT2D eigenvalue weighted by Gasteiger charge is -2.25. The van der Waals surface area contributed by atoms with Crippen molar-refractivity contribution < 1.29 is 0 Å². The Morgan fingerprint density at radius 1 is 1.43 bits per heavy atom. The standard InChI is InChI=1S/C17H29N5.HI/c1-6-17(2)10-11-22(13-17)16(18-3)19-12-14-8-7-9-15(20-14)21(4)5;/h7-9H,6,10-13H2,1-5H3,(H,18,19);1H. The van der Waals surface area contributed by atoms with E-state index in [9.17, 15) is 0 Å². The highest BCUT2D eigenvalue weighted by atomic mass is 127. The molecule has 1 aliphatic rings. The highest BCUT2D eigenvalue weighted by molar-refractivity contribution is 14.0. The third-order valence-corrected chi connectivity index (χ3v) is 4.60. The van der Waals surface area contributed by atoms with Crippen LogP contribution < -0.4 is 10.2 Å². The summed E-state index contributed by atoms with van der Waals surface area (Å²) in [6.45, 7) is 7.50. The molecule has 1 atom stereocenters. The molecule has 1 aliphatic heterocycles. The number of nitrogens with one attached hydrogen (secondary N) is 1. The van der Waals surface area contributed by atoms with E-state index in [1.54, 1.807) is 0 Å². The Labute approximate surface area is 157 Å². The molecule has 6 heteroatoms. The van der Waals surface area contributed by atoms with Gasteiger partial charge >= 0.3 is 0 Å². The molecule has 0 radical (unpaired) electrons. The molecule has 0 aromatic carbocycles. The number of anilines is 1. The minimum atomic E-state index is 0. The molecular weight excluding hydrogens is 401 g/mol. The van der Waals surface area contributed by atoms with Crippen LogP contribution in [0.3, 0.4) is 0 Å². The van der Waals surface area contributed by atoms with Gasteiger partial charge in [0.2, 0.25) is 0 Å². The van der Waals surface area contributed by atoms with Crippen LogP contribution in [0.5, 0.6) is 0 Å². The third kappa shape index (κ3) is 5.22. The molecule has 1 unspecified atom stereocenters. The third-order valence-electron chi connectivity index (χ3n) is 4.60. The molecule has 23 heavy (non-hydrogen) atoms. The first kappa shape index (κ1) is 20.0. The Balaban J connectivity index is 0.00000264. The molecule has 1 aromatic heterocycles. The topological polar surface area (TPSA) is 43.8 Å². The fourth-order valence-electron chi connectivity index (χ4n) is 2.81. The van der Waals surface area contributed by atoms with Crippen LogP contribution >= 0.6 is 24.0 Å². The number of guanidine groups is 1. The molecule has 1 N–H and O–H groups in total. The molecule has 130 valence electrons. The molecule has 1 aromatic rings. The SMILES string of the molecule is CCC1(C)CCN(C(=NC)NCc2cccc(N(C)C)n2)C1.I. The second kappa shape index (κ2) is 8.70. The summed E-state index contributed by atoms with van der Waals surface area (Å²) in [5, 5.41) is 3.45. The fraction of sp³-hybridized carbons (Fsp3) is 0.647. The van der Waals surface area contributed by atoms with Crippen LogP contribution in [-0.2, 0) is 6.54 Å². The highest BCUT2D eigenvalue weighted by Gasteiger charge is 2.33. The van der Waals surface area contributed by atoms with Gasteiger partial charge in [0.05, 0.1) is 12.2 Å². The Hall–Kier alpha value is -1.05. The number of pyridine rings is 1. The summed E-state index contributed by atoms with van der Waals surface area (Å²) in [4.78, 5) is 13.5. The van der Waals surface area contributed by atoms with Gasteiger partial charge in [-0.3, -0.25) is 4.99 Å². The summed E-state index contributed by atoms with van der Waals surface area (Å²) in [6, 6.07) is 6.12. The first-order chi connectivity index (χ1) is 10.5. The smallest absolute Gasteiger partial charge is 0.193 e. The molecule has 2 rings (SSSR count). The first-order valence-corrected chi connectivity index (χ1v) is 8.06. The van der Waals surface area contributed by atoms with Crippen molar-refractivity contribution in [2.75, 3.05) is 39.1 Å². The van der Waals surface area contributed by atoms with Crippen LogP contribution in [0.1, 0.15) is 32.4 Å². The lowest BCUT2D eigenvalue weighted by atomic mass is 9.87. The van der Waals surface area contributed by atoms with Gasteiger partial charge in [-0.2, -0.15) is 0 Å². The quantitative estimate of drug-likeness (QED) is 0.453. The van der Waals surface area contributed by atoms with E-state index in [-0.39, 0.29) is 24.0 Å². The Morgan fingerprint density at radius 2 is 2.17 bits per heavy atom. The number of likely N-dealkylation sites (tertiary alicyclic amines) is 1. The van der Waals surface area contributed by atoms with Crippen molar-refractivity contribution in [1.29, 1.82) is 0 Å². The molecule has 0 bridgehead atoms. The highest BCUT2D eigenvalue weighted by Crippen LogP contribution is 2.32. The number of halogens is 1. The van der Waals surface area contributed by atoms with E-state index in [1.165, 1.54) is 12.8 Å². The number of nitrogens with zero attached hydrogens (tertiary/aromatic N) is 4. The fourth-order valence-corrected chi connectivity index (χ4v) is 2.81. The average molecular weight is 431 g/mol. The van der Waals surface area contributed by atoms with Crippen LogP contribution in [0.4, 0.5) is 5.82 Å². The van der Waals surface area contributed by atoms with Crippen LogP contribution in [0.15, 0.2) is 23.2 Å². The van der Waals surface area contributed by atoms with Gasteiger partial charge in [-0.25, -0.2) is 4.98 Å². The summed E-state index contributed by atoms with van der Waals surface area (Å²) < 4.78 is 0. The lowest BCUT2D eigenvalue weighted by molar-refractivity contribution is 0.322. The van der Waals surface area contributed by atoms with Crippen molar-refractivity contribution in [1.82, 2.24) is 15.2 Å². The summed E-state index contributed by atoms with van der Waals surface area (Å²) in [5.74, 6) is 1.96. The number of aromatic nitrogens is 1. The number of hydrogen-bond donors (Lipinski definition) is 1. The second-order valence-corrected chi connectivity index (χ2v) is 6.62. The predicted molar refractivity (Wildman–Crippen MR) is 109 cm³/mol. The van der Waals surface area contributed by atoms with Gasteiger partial charge in [-0.05, 0) is 30.4 Å². The van der Waals surface area contributed by atoms with Gasteiger partial charge in [-0.1, -0.05) is 19.9 Å². The zero-order chi connectivity index (χ0) is 16.2. The van der Waals surface area contributed by atoms with E-state index in [0.717, 1.165) is 30.6 Å². The van der Waals surface area contributed by atoms with Crippen molar-refractivity contribution in [3.05, 3.63) is 23.9 Å². The normalized spacial score (nSPS) is 21.1. The zero-order valence-electron chi connectivity index (χ0n) is 15.0. The average Bonchev–Trinajstić information content (AvgIpc) is 2.91. The molecule has 1 fully saturated rings. The van der Waals surface area contributed by atoms with E-state index in [0.29, 0.717) is 12.0 Å². The Morgan fingerprint density at radius 3 is 2.74 bits per heavy atom. The van der Waals surface area contributed by atoms with Crippen molar-refractivity contribution in [3.8, 4) is 0 Å². The maximum Gasteiger partial charge on any atom is 0.193 e. The first-order valence-electron chi connectivity index (χ1n) is 8.06. The maximum absolute atomic E-state index is 4.64. The Bertz CT molecular complexity index is 531. The molecule has 2 heterocycles. The number of rotatable bonds is 4. The van der Waals surface area contributed by atoms with Crippen molar-refractivity contribution >= 4 is 35.8 Å². The predicted octanol–water partition coefficient (Wildman–Crippen LogP) is 2.96. The largest absolute Gasteiger partial charge is 0.363 e. The van der Waals surface area contributed by atoms with E-state index >= 15 is 0 Å². The van der Waals surface area contributed by atoms with Gasteiger partial charge in [-0.15, -0.1) is 24.0 Å². The Kier molecular flexibility index (Phi) is 7.57. The zero-order valence-corrected chi connectivity index (χ0v) is 17.3. The monoisotopic (exact) mass is 431 g/mol. The minimum absolute atomic E-state index is 0. The van der Waals surface area contributed by atoms with E-state index < -0.39 is 0 Å². The van der Waals surface area contributed by atoms with Gasteiger partial charge in [0.15, 0.2) is 5.96 Å². The maximum atomic E-state index is 4.64. The van der Waals surface area contributed by atoms with Gasteiger partial charge in [0.1, 0.15) is 5.82 Å². The number of hydrogen-bond acceptors (Lipinski definition) is 3. The molecule has 0 amide bonds. The van der Waals surface area contributed by atoms with E-state index in [2.05, 4.69) is 34.0 Å². The van der Waals surface area contributed by atoms with Crippen LogP contribution in [0.2, 0.25) is 0 Å². The van der Waals surface area contributed by atoms with Crippen molar-refractivity contribution in [3.63, 3.8) is 0 Å². The minimum Gasteiger partial charge on any atom is -0.363 e. The summed E-state index contributed by atoms with van der Waals surface area (Å²) in [6.07, 6.45) is 2.45. The van der Waals surface area contributed by atoms with E-state index in [4.69, 9.17) is 0 Å². The van der Waals surface area contributed by atoms with Crippen LogP contribution in [0, 0.1) is 5.41 Å². The second-order valence-electron chi connectivity index (χ2n) is 6.62. The molecule has 0 spiro atoms. The molecule has 5 nitrogen and oxygen atoms in total. The molecule has 0 saturated carbocycles. The molecule has 0 aliphatic carbocycles. The summed E-state index contributed by atoms with van der Waals surface area (Å²) in [5.41, 5.74) is 1.45. The van der Waals surface area contributed by atoms with Crippen molar-refractivity contribution in [2.24, 2.45) is 10.4 Å². The summed E-state index contributed by atoms with van der Waals surface area (Å²) in [7, 11) is 5.87. The van der Waals surface area contributed by atoms with Gasteiger partial charge < -0.3 is 15.1 Å². The lowest BCUT2D eigenvalue weighted by Crippen LogP contribution is -2.40. The molecular formula is C17H30IN5. The number of aliphatic imine (C=N–C) groups is 1. The van der Waals surface area contributed by atoms with E-state index in [1.807, 2.05) is 44.2 Å². The molecule has 1 saturated heterocycles.